The summed E-state index contributed by atoms with van der Waals surface area (Å²) >= 11 is 0. The number of amides is 1. The van der Waals surface area contributed by atoms with Crippen LogP contribution in [0, 0.1) is 19.8 Å². The van der Waals surface area contributed by atoms with Crippen LogP contribution in [-0.2, 0) is 11.3 Å². The summed E-state index contributed by atoms with van der Waals surface area (Å²) in [5.74, 6) is 0.0870. The lowest BCUT2D eigenvalue weighted by atomic mass is 9.90. The molecule has 0 bridgehead atoms. The Bertz CT molecular complexity index is 476. The number of hydrogen-bond acceptors (Lipinski definition) is 3. The lowest BCUT2D eigenvalue weighted by Gasteiger charge is -2.34. The van der Waals surface area contributed by atoms with Crippen molar-refractivity contribution in [2.24, 2.45) is 11.7 Å². The molecule has 3 N–H and O–H groups in total. The van der Waals surface area contributed by atoms with Crippen LogP contribution < -0.4 is 11.1 Å². The van der Waals surface area contributed by atoms with Gasteiger partial charge in [0, 0.05) is 11.7 Å². The maximum absolute atomic E-state index is 12.1. The van der Waals surface area contributed by atoms with Crippen molar-refractivity contribution >= 4 is 5.91 Å². The highest BCUT2D eigenvalue weighted by molar-refractivity contribution is 5.85. The van der Waals surface area contributed by atoms with E-state index in [4.69, 9.17) is 5.73 Å². The number of hydrogen-bond donors (Lipinski definition) is 2. The van der Waals surface area contributed by atoms with Crippen molar-refractivity contribution in [3.63, 3.8) is 0 Å². The van der Waals surface area contributed by atoms with Crippen molar-refractivity contribution in [2.75, 3.05) is 0 Å². The Labute approximate surface area is 114 Å². The second-order valence-corrected chi connectivity index (χ2v) is 5.95. The van der Waals surface area contributed by atoms with Gasteiger partial charge in [0.15, 0.2) is 0 Å². The average Bonchev–Trinajstić information content (AvgIpc) is 3.11. The molecule has 1 fully saturated rings. The molecule has 2 rings (SSSR count). The molecule has 1 aliphatic rings. The molecule has 1 aromatic heterocycles. The summed E-state index contributed by atoms with van der Waals surface area (Å²) in [5.41, 5.74) is 7.18. The first-order chi connectivity index (χ1) is 8.86. The van der Waals surface area contributed by atoms with Crippen LogP contribution in [0.25, 0.3) is 0 Å². The molecule has 1 aromatic rings. The molecule has 1 aliphatic carbocycles. The quantitative estimate of drug-likeness (QED) is 0.809. The van der Waals surface area contributed by atoms with E-state index in [1.807, 2.05) is 32.3 Å². The predicted octanol–water partition coefficient (Wildman–Crippen LogP) is 1.13. The van der Waals surface area contributed by atoms with Crippen LogP contribution in [0.2, 0.25) is 0 Å². The van der Waals surface area contributed by atoms with Crippen LogP contribution in [0.5, 0.6) is 0 Å². The number of aryl methyl sites for hydroxylation is 1. The predicted molar refractivity (Wildman–Crippen MR) is 74.6 cm³/mol. The molecule has 1 saturated carbocycles. The normalized spacial score (nSPS) is 18.6. The fraction of sp³-hybridized carbons (Fsp3) is 0.714. The molecule has 1 amide bonds. The molecule has 1 unspecified atom stereocenters. The van der Waals surface area contributed by atoms with Gasteiger partial charge < -0.3 is 10.3 Å². The molecule has 5 heteroatoms. The number of primary amides is 1. The number of nitrogens with zero attached hydrogens (tertiary/aromatic N) is 2. The summed E-state index contributed by atoms with van der Waals surface area (Å²) in [5, 5.41) is 3.42. The van der Waals surface area contributed by atoms with Crippen LogP contribution in [-0.4, -0.2) is 27.0 Å². The Balaban J connectivity index is 2.31. The third kappa shape index (κ3) is 2.66. The number of rotatable bonds is 6. The van der Waals surface area contributed by atoms with Gasteiger partial charge in [0.05, 0.1) is 18.6 Å². The molecular formula is C14H24N4O. The molecule has 1 heterocycles. The van der Waals surface area contributed by atoms with Crippen molar-refractivity contribution < 1.29 is 4.79 Å². The van der Waals surface area contributed by atoms with E-state index in [2.05, 4.69) is 10.3 Å². The van der Waals surface area contributed by atoms with E-state index >= 15 is 0 Å². The van der Waals surface area contributed by atoms with E-state index in [0.717, 1.165) is 24.2 Å². The van der Waals surface area contributed by atoms with E-state index in [0.29, 0.717) is 12.5 Å². The minimum Gasteiger partial charge on any atom is -0.368 e. The summed E-state index contributed by atoms with van der Waals surface area (Å²) in [6, 6.07) is 0.220. The summed E-state index contributed by atoms with van der Waals surface area (Å²) in [6.07, 6.45) is 3.93. The van der Waals surface area contributed by atoms with Gasteiger partial charge in [-0.2, -0.15) is 0 Å². The van der Waals surface area contributed by atoms with E-state index in [1.54, 1.807) is 6.33 Å². The molecule has 0 spiro atoms. The second kappa shape index (κ2) is 4.96. The van der Waals surface area contributed by atoms with E-state index in [9.17, 15) is 4.79 Å². The SMILES string of the molecule is Cc1ncn(CC(NC(C)C)(C(N)=O)C2CC2)c1C. The first kappa shape index (κ1) is 14.1. The monoisotopic (exact) mass is 264 g/mol. The number of nitrogens with one attached hydrogen (secondary N) is 1. The first-order valence-electron chi connectivity index (χ1n) is 6.92. The summed E-state index contributed by atoms with van der Waals surface area (Å²) in [7, 11) is 0. The van der Waals surface area contributed by atoms with Gasteiger partial charge in [-0.05, 0) is 46.5 Å². The number of imidazole rings is 1. The number of carbonyl (C=O) groups excluding carboxylic acids is 1. The third-order valence-corrected chi connectivity index (χ3v) is 4.03. The molecule has 0 saturated heterocycles. The highest BCUT2D eigenvalue weighted by Crippen LogP contribution is 2.41. The van der Waals surface area contributed by atoms with Crippen molar-refractivity contribution in [1.82, 2.24) is 14.9 Å². The Morgan fingerprint density at radius 1 is 1.58 bits per heavy atom. The second-order valence-electron chi connectivity index (χ2n) is 5.95. The minimum atomic E-state index is -0.647. The molecule has 5 nitrogen and oxygen atoms in total. The lowest BCUT2D eigenvalue weighted by Crippen LogP contribution is -2.61. The van der Waals surface area contributed by atoms with Gasteiger partial charge in [0.25, 0.3) is 0 Å². The lowest BCUT2D eigenvalue weighted by molar-refractivity contribution is -0.126. The van der Waals surface area contributed by atoms with Gasteiger partial charge in [0.1, 0.15) is 5.54 Å². The largest absolute Gasteiger partial charge is 0.368 e. The highest BCUT2D eigenvalue weighted by Gasteiger charge is 2.50. The van der Waals surface area contributed by atoms with Gasteiger partial charge in [-0.25, -0.2) is 4.98 Å². The Kier molecular flexibility index (Phi) is 3.67. The van der Waals surface area contributed by atoms with Crippen LogP contribution in [0.3, 0.4) is 0 Å². The number of aromatic nitrogens is 2. The van der Waals surface area contributed by atoms with Gasteiger partial charge in [-0.1, -0.05) is 0 Å². The zero-order valence-electron chi connectivity index (χ0n) is 12.2. The Morgan fingerprint density at radius 3 is 2.58 bits per heavy atom. The maximum Gasteiger partial charge on any atom is 0.239 e. The molecule has 1 atom stereocenters. The summed E-state index contributed by atoms with van der Waals surface area (Å²) < 4.78 is 2.04. The van der Waals surface area contributed by atoms with E-state index < -0.39 is 5.54 Å². The maximum atomic E-state index is 12.1. The Morgan fingerprint density at radius 2 is 2.21 bits per heavy atom. The van der Waals surface area contributed by atoms with Gasteiger partial charge in [-0.3, -0.25) is 10.1 Å². The summed E-state index contributed by atoms with van der Waals surface area (Å²) in [6.45, 7) is 8.66. The number of carbonyl (C=O) groups is 1. The first-order valence-corrected chi connectivity index (χ1v) is 6.92. The highest BCUT2D eigenvalue weighted by atomic mass is 16.1. The van der Waals surface area contributed by atoms with Crippen molar-refractivity contribution in [2.45, 2.75) is 58.7 Å². The van der Waals surface area contributed by atoms with Gasteiger partial charge in [0.2, 0.25) is 5.91 Å². The fourth-order valence-electron chi connectivity index (χ4n) is 2.71. The topological polar surface area (TPSA) is 72.9 Å². The molecule has 19 heavy (non-hydrogen) atoms. The average molecular weight is 264 g/mol. The van der Waals surface area contributed by atoms with Crippen LogP contribution in [0.4, 0.5) is 0 Å². The zero-order chi connectivity index (χ0) is 14.2. The molecule has 106 valence electrons. The van der Waals surface area contributed by atoms with Crippen LogP contribution in [0.15, 0.2) is 6.33 Å². The van der Waals surface area contributed by atoms with Gasteiger partial charge in [-0.15, -0.1) is 0 Å². The minimum absolute atomic E-state index is 0.220. The number of nitrogens with two attached hydrogens (primary N) is 1. The van der Waals surface area contributed by atoms with Crippen molar-refractivity contribution in [3.8, 4) is 0 Å². The third-order valence-electron chi connectivity index (χ3n) is 4.03. The standard InChI is InChI=1S/C14H24N4O/c1-9(2)17-14(13(15)19,12-5-6-12)7-18-8-16-10(3)11(18)4/h8-9,12,17H,5-7H2,1-4H3,(H2,15,19). The summed E-state index contributed by atoms with van der Waals surface area (Å²) in [4.78, 5) is 16.4. The van der Waals surface area contributed by atoms with Crippen LogP contribution in [0.1, 0.15) is 38.1 Å². The molecule has 0 radical (unpaired) electrons. The van der Waals surface area contributed by atoms with Gasteiger partial charge >= 0.3 is 0 Å². The van der Waals surface area contributed by atoms with Crippen LogP contribution >= 0.6 is 0 Å². The molecule has 0 aromatic carbocycles. The van der Waals surface area contributed by atoms with Crippen molar-refractivity contribution in [3.05, 3.63) is 17.7 Å². The van der Waals surface area contributed by atoms with E-state index in [1.165, 1.54) is 0 Å². The zero-order valence-corrected chi connectivity index (χ0v) is 12.2. The van der Waals surface area contributed by atoms with Crippen molar-refractivity contribution in [1.29, 1.82) is 0 Å². The molecular weight excluding hydrogens is 240 g/mol. The fourth-order valence-corrected chi connectivity index (χ4v) is 2.71. The van der Waals surface area contributed by atoms with E-state index in [-0.39, 0.29) is 11.9 Å². The Hall–Kier alpha value is -1.36. The smallest absolute Gasteiger partial charge is 0.239 e. The molecule has 0 aliphatic heterocycles.